The molecule has 6 heteroatoms. The third kappa shape index (κ3) is 2.96. The Labute approximate surface area is 112 Å². The number of ether oxygens (including phenoxy) is 1. The zero-order valence-corrected chi connectivity index (χ0v) is 11.0. The molecule has 1 heterocycles. The fraction of sp³-hybridized carbons (Fsp3) is 0.538. The van der Waals surface area contributed by atoms with Crippen molar-refractivity contribution in [2.24, 2.45) is 11.7 Å². The van der Waals surface area contributed by atoms with Crippen molar-refractivity contribution in [3.8, 4) is 5.75 Å². The van der Waals surface area contributed by atoms with Gasteiger partial charge in [0, 0.05) is 30.9 Å². The number of nitrogens with two attached hydrogens (primary N) is 1. The molecule has 0 saturated carbocycles. The average Bonchev–Trinajstić information content (AvgIpc) is 2.46. The first-order chi connectivity index (χ1) is 9.15. The molecule has 2 rings (SSSR count). The molecule has 0 radical (unpaired) electrons. The van der Waals surface area contributed by atoms with Crippen LogP contribution >= 0.6 is 0 Å². The van der Waals surface area contributed by atoms with E-state index < -0.39 is 4.92 Å². The lowest BCUT2D eigenvalue weighted by Gasteiger charge is -2.33. The number of benzene rings is 1. The predicted octanol–water partition coefficient (Wildman–Crippen LogP) is 1.78. The number of hydrogen-bond acceptors (Lipinski definition) is 5. The lowest BCUT2D eigenvalue weighted by molar-refractivity contribution is -0.385. The Balaban J connectivity index is 2.15. The Bertz CT molecular complexity index is 456. The Morgan fingerprint density at radius 1 is 1.47 bits per heavy atom. The van der Waals surface area contributed by atoms with E-state index in [4.69, 9.17) is 10.5 Å². The molecule has 0 spiro atoms. The monoisotopic (exact) mass is 265 g/mol. The van der Waals surface area contributed by atoms with Crippen molar-refractivity contribution in [3.05, 3.63) is 28.3 Å². The smallest absolute Gasteiger partial charge is 0.311 e. The fourth-order valence-corrected chi connectivity index (χ4v) is 2.44. The van der Waals surface area contributed by atoms with E-state index in [2.05, 4.69) is 4.90 Å². The van der Waals surface area contributed by atoms with Gasteiger partial charge < -0.3 is 15.4 Å². The lowest BCUT2D eigenvalue weighted by atomic mass is 9.97. The van der Waals surface area contributed by atoms with Gasteiger partial charge in [0.2, 0.25) is 0 Å². The second-order valence-electron chi connectivity index (χ2n) is 4.78. The maximum absolute atomic E-state index is 10.8. The largest absolute Gasteiger partial charge is 0.490 e. The molecule has 1 aliphatic rings. The van der Waals surface area contributed by atoms with E-state index in [1.165, 1.54) is 13.2 Å². The van der Waals surface area contributed by atoms with Crippen LogP contribution in [0, 0.1) is 16.0 Å². The van der Waals surface area contributed by atoms with Gasteiger partial charge in [-0.05, 0) is 31.4 Å². The molecule has 1 aromatic carbocycles. The van der Waals surface area contributed by atoms with Crippen LogP contribution < -0.4 is 15.4 Å². The van der Waals surface area contributed by atoms with E-state index in [-0.39, 0.29) is 5.69 Å². The summed E-state index contributed by atoms with van der Waals surface area (Å²) < 4.78 is 5.09. The summed E-state index contributed by atoms with van der Waals surface area (Å²) in [7, 11) is 1.45. The third-order valence-corrected chi connectivity index (χ3v) is 3.67. The van der Waals surface area contributed by atoms with Crippen molar-refractivity contribution >= 4 is 11.4 Å². The van der Waals surface area contributed by atoms with Crippen LogP contribution in [-0.2, 0) is 0 Å². The second kappa shape index (κ2) is 5.88. The first kappa shape index (κ1) is 13.6. The van der Waals surface area contributed by atoms with Crippen LogP contribution in [0.5, 0.6) is 5.75 Å². The summed E-state index contributed by atoms with van der Waals surface area (Å²) in [6.07, 6.45) is 2.13. The summed E-state index contributed by atoms with van der Waals surface area (Å²) in [5.41, 5.74) is 6.65. The number of hydrogen-bond donors (Lipinski definition) is 1. The topological polar surface area (TPSA) is 81.6 Å². The highest BCUT2D eigenvalue weighted by Gasteiger charge is 2.21. The second-order valence-corrected chi connectivity index (χ2v) is 4.78. The predicted molar refractivity (Wildman–Crippen MR) is 73.6 cm³/mol. The van der Waals surface area contributed by atoms with E-state index in [1.54, 1.807) is 12.1 Å². The highest BCUT2D eigenvalue weighted by molar-refractivity contribution is 5.59. The molecule has 0 aromatic heterocycles. The number of piperidine rings is 1. The first-order valence-electron chi connectivity index (χ1n) is 6.43. The van der Waals surface area contributed by atoms with Gasteiger partial charge in [0.1, 0.15) is 0 Å². The summed E-state index contributed by atoms with van der Waals surface area (Å²) in [5, 5.41) is 10.8. The van der Waals surface area contributed by atoms with E-state index in [9.17, 15) is 10.1 Å². The maximum Gasteiger partial charge on any atom is 0.311 e. The maximum atomic E-state index is 10.8. The highest BCUT2D eigenvalue weighted by Crippen LogP contribution is 2.32. The van der Waals surface area contributed by atoms with Gasteiger partial charge in [0.25, 0.3) is 0 Å². The molecule has 0 bridgehead atoms. The van der Waals surface area contributed by atoms with Crippen LogP contribution in [0.1, 0.15) is 12.8 Å². The molecule has 2 N–H and O–H groups in total. The van der Waals surface area contributed by atoms with E-state index in [0.717, 1.165) is 38.2 Å². The van der Waals surface area contributed by atoms with Crippen LogP contribution in [0.15, 0.2) is 18.2 Å². The van der Waals surface area contributed by atoms with Gasteiger partial charge in [-0.15, -0.1) is 0 Å². The van der Waals surface area contributed by atoms with Gasteiger partial charge in [-0.2, -0.15) is 0 Å². The minimum Gasteiger partial charge on any atom is -0.490 e. The van der Waals surface area contributed by atoms with Gasteiger partial charge >= 0.3 is 5.69 Å². The van der Waals surface area contributed by atoms with E-state index >= 15 is 0 Å². The minimum atomic E-state index is -0.427. The molecule has 1 fully saturated rings. The third-order valence-electron chi connectivity index (χ3n) is 3.67. The van der Waals surface area contributed by atoms with E-state index in [0.29, 0.717) is 11.7 Å². The summed E-state index contributed by atoms with van der Waals surface area (Å²) in [6.45, 7) is 2.60. The Hall–Kier alpha value is -1.82. The molecule has 1 aromatic rings. The number of rotatable bonds is 4. The van der Waals surface area contributed by atoms with Crippen LogP contribution in [0.2, 0.25) is 0 Å². The summed E-state index contributed by atoms with van der Waals surface area (Å²) in [6, 6.07) is 5.02. The SMILES string of the molecule is COc1cc(N2CCC(CN)CC2)ccc1[N+](=O)[O-]. The van der Waals surface area contributed by atoms with Crippen LogP contribution in [0.25, 0.3) is 0 Å². The lowest BCUT2D eigenvalue weighted by Crippen LogP contribution is -2.36. The van der Waals surface area contributed by atoms with Gasteiger partial charge in [0.05, 0.1) is 12.0 Å². The molecular weight excluding hydrogens is 246 g/mol. The Morgan fingerprint density at radius 3 is 2.68 bits per heavy atom. The fourth-order valence-electron chi connectivity index (χ4n) is 2.44. The normalized spacial score (nSPS) is 16.4. The van der Waals surface area contributed by atoms with Crippen molar-refractivity contribution in [1.29, 1.82) is 0 Å². The standard InChI is InChI=1S/C13H19N3O3/c1-19-13-8-11(2-3-12(13)16(17)18)15-6-4-10(9-14)5-7-15/h2-3,8,10H,4-7,9,14H2,1H3. The quantitative estimate of drug-likeness (QED) is 0.663. The van der Waals surface area contributed by atoms with Crippen molar-refractivity contribution in [2.75, 3.05) is 31.6 Å². The molecule has 0 aliphatic carbocycles. The van der Waals surface area contributed by atoms with Gasteiger partial charge in [-0.1, -0.05) is 0 Å². The zero-order valence-electron chi connectivity index (χ0n) is 11.0. The summed E-state index contributed by atoms with van der Waals surface area (Å²) >= 11 is 0. The molecular formula is C13H19N3O3. The zero-order chi connectivity index (χ0) is 13.8. The molecule has 6 nitrogen and oxygen atoms in total. The molecule has 19 heavy (non-hydrogen) atoms. The van der Waals surface area contributed by atoms with E-state index in [1.807, 2.05) is 0 Å². The van der Waals surface area contributed by atoms with Crippen LogP contribution in [0.3, 0.4) is 0 Å². The van der Waals surface area contributed by atoms with Crippen molar-refractivity contribution < 1.29 is 9.66 Å². The van der Waals surface area contributed by atoms with Gasteiger partial charge in [-0.25, -0.2) is 0 Å². The number of nitro benzene ring substituents is 1. The molecule has 1 saturated heterocycles. The van der Waals surface area contributed by atoms with Crippen molar-refractivity contribution in [2.45, 2.75) is 12.8 Å². The number of nitro groups is 1. The van der Waals surface area contributed by atoms with Crippen LogP contribution in [0.4, 0.5) is 11.4 Å². The first-order valence-corrected chi connectivity index (χ1v) is 6.43. The molecule has 0 unspecified atom stereocenters. The van der Waals surface area contributed by atoms with Crippen LogP contribution in [-0.4, -0.2) is 31.7 Å². The van der Waals surface area contributed by atoms with Gasteiger partial charge in [-0.3, -0.25) is 10.1 Å². The Kier molecular flexibility index (Phi) is 4.21. The number of methoxy groups -OCH3 is 1. The van der Waals surface area contributed by atoms with Crippen molar-refractivity contribution in [3.63, 3.8) is 0 Å². The minimum absolute atomic E-state index is 0.00286. The van der Waals surface area contributed by atoms with Crippen molar-refractivity contribution in [1.82, 2.24) is 0 Å². The number of anilines is 1. The molecule has 1 aliphatic heterocycles. The van der Waals surface area contributed by atoms with Gasteiger partial charge in [0.15, 0.2) is 5.75 Å². The summed E-state index contributed by atoms with van der Waals surface area (Å²) in [4.78, 5) is 12.6. The summed E-state index contributed by atoms with van der Waals surface area (Å²) in [5.74, 6) is 0.902. The average molecular weight is 265 g/mol. The number of nitrogens with zero attached hydrogens (tertiary/aromatic N) is 2. The molecule has 0 atom stereocenters. The molecule has 104 valence electrons. The Morgan fingerprint density at radius 2 is 2.16 bits per heavy atom. The highest BCUT2D eigenvalue weighted by atomic mass is 16.6. The molecule has 0 amide bonds.